The van der Waals surface area contributed by atoms with Crippen molar-refractivity contribution in [3.8, 4) is 23.0 Å². The number of nitrogens with zero attached hydrogens (tertiary/aromatic N) is 2. The summed E-state index contributed by atoms with van der Waals surface area (Å²) >= 11 is 0. The zero-order chi connectivity index (χ0) is 35.7. The van der Waals surface area contributed by atoms with Gasteiger partial charge in [0, 0.05) is 35.7 Å². The highest BCUT2D eigenvalue weighted by atomic mass is 16.5. The highest BCUT2D eigenvalue weighted by molar-refractivity contribution is 5.84. The van der Waals surface area contributed by atoms with Crippen LogP contribution >= 0.6 is 0 Å². The van der Waals surface area contributed by atoms with Crippen molar-refractivity contribution < 1.29 is 19.7 Å². The summed E-state index contributed by atoms with van der Waals surface area (Å²) in [7, 11) is 0. The zero-order valence-corrected chi connectivity index (χ0v) is 32.0. The Morgan fingerprint density at radius 2 is 0.740 bits per heavy atom. The van der Waals surface area contributed by atoms with E-state index in [1.54, 1.807) is 24.6 Å². The molecule has 0 unspecified atom stereocenters. The summed E-state index contributed by atoms with van der Waals surface area (Å²) in [5.74, 6) is 1.70. The molecule has 0 spiro atoms. The van der Waals surface area contributed by atoms with Crippen molar-refractivity contribution in [2.75, 3.05) is 26.3 Å². The molecule has 0 saturated heterocycles. The monoisotopic (exact) mass is 693 g/mol. The van der Waals surface area contributed by atoms with Crippen LogP contribution in [0.1, 0.15) is 179 Å². The third-order valence-corrected chi connectivity index (χ3v) is 9.36. The van der Waals surface area contributed by atoms with Crippen LogP contribution in [0.5, 0.6) is 23.0 Å². The van der Waals surface area contributed by atoms with E-state index >= 15 is 0 Å². The molecule has 2 N–H and O–H groups in total. The number of hydrogen-bond donors (Lipinski definition) is 2. The molecule has 0 heterocycles. The third kappa shape index (κ3) is 22.6. The molecule has 0 aliphatic rings. The molecule has 282 valence electrons. The lowest BCUT2D eigenvalue weighted by molar-refractivity contribution is 0.302. The van der Waals surface area contributed by atoms with E-state index in [0.29, 0.717) is 48.9 Å². The second-order valence-corrected chi connectivity index (χ2v) is 14.0. The second-order valence-electron chi connectivity index (χ2n) is 14.0. The predicted octanol–water partition coefficient (Wildman–Crippen LogP) is 12.8. The number of phenolic OH excluding ortho intramolecular Hbond substituents is 2. The lowest BCUT2D eigenvalue weighted by Gasteiger charge is -2.08. The van der Waals surface area contributed by atoms with Gasteiger partial charge in [-0.05, 0) is 37.1 Å². The van der Waals surface area contributed by atoms with E-state index in [1.807, 2.05) is 24.3 Å². The molecule has 0 saturated carbocycles. The Bertz CT molecular complexity index is 1060. The fourth-order valence-electron chi connectivity index (χ4n) is 6.15. The van der Waals surface area contributed by atoms with Gasteiger partial charge < -0.3 is 19.7 Å². The second kappa shape index (κ2) is 30.8. The molecule has 2 rings (SSSR count). The van der Waals surface area contributed by atoms with Gasteiger partial charge in [0.2, 0.25) is 0 Å². The predicted molar refractivity (Wildman–Crippen MR) is 214 cm³/mol. The van der Waals surface area contributed by atoms with Gasteiger partial charge in [-0.1, -0.05) is 155 Å². The third-order valence-electron chi connectivity index (χ3n) is 9.36. The summed E-state index contributed by atoms with van der Waals surface area (Å²) in [5, 5.41) is 20.8. The minimum Gasteiger partial charge on any atom is -0.507 e. The van der Waals surface area contributed by atoms with Crippen LogP contribution in [0.15, 0.2) is 46.4 Å². The Balaban J connectivity index is 1.50. The Morgan fingerprint density at radius 1 is 0.440 bits per heavy atom. The molecule has 0 aliphatic heterocycles. The summed E-state index contributed by atoms with van der Waals surface area (Å²) < 4.78 is 11.7. The van der Waals surface area contributed by atoms with E-state index in [2.05, 4.69) is 23.8 Å². The molecular formula is C44H72N2O4. The van der Waals surface area contributed by atoms with Crippen molar-refractivity contribution in [2.24, 2.45) is 9.98 Å². The van der Waals surface area contributed by atoms with Crippen molar-refractivity contribution in [1.29, 1.82) is 0 Å². The van der Waals surface area contributed by atoms with Crippen LogP contribution in [0.4, 0.5) is 0 Å². The standard InChI is InChI=1S/C44H72N2O4/c1-3-5-7-9-11-13-15-17-19-21-23-25-33-49-41-29-27-39(43(47)35-41)37-45-31-32-46-38-40-28-30-42(36-44(40)48)50-34-26-24-22-20-18-16-14-12-10-8-6-4-2/h27-30,35-38,47-48H,3-26,31-34H2,1-2H3. The molecule has 50 heavy (non-hydrogen) atoms. The van der Waals surface area contributed by atoms with Gasteiger partial charge in [-0.2, -0.15) is 0 Å². The molecule has 6 nitrogen and oxygen atoms in total. The molecule has 0 aliphatic carbocycles. The van der Waals surface area contributed by atoms with Crippen LogP contribution in [0, 0.1) is 0 Å². The lowest BCUT2D eigenvalue weighted by Crippen LogP contribution is -1.98. The Hall–Kier alpha value is -3.02. The Kier molecular flexibility index (Phi) is 26.6. The molecule has 2 aromatic rings. The zero-order valence-electron chi connectivity index (χ0n) is 32.0. The van der Waals surface area contributed by atoms with Crippen molar-refractivity contribution in [3.05, 3.63) is 47.5 Å². The van der Waals surface area contributed by atoms with Gasteiger partial charge in [0.25, 0.3) is 0 Å². The molecule has 0 amide bonds. The number of hydrogen-bond acceptors (Lipinski definition) is 6. The van der Waals surface area contributed by atoms with Crippen LogP contribution in [-0.2, 0) is 0 Å². The number of aliphatic imine (C=N–C) groups is 2. The highest BCUT2D eigenvalue weighted by Gasteiger charge is 2.04. The molecule has 0 aromatic heterocycles. The topological polar surface area (TPSA) is 83.6 Å². The average Bonchev–Trinajstić information content (AvgIpc) is 3.11. The fourth-order valence-corrected chi connectivity index (χ4v) is 6.15. The Labute approximate surface area is 306 Å². The van der Waals surface area contributed by atoms with Crippen LogP contribution < -0.4 is 9.47 Å². The number of unbranched alkanes of at least 4 members (excludes halogenated alkanes) is 22. The number of aromatic hydroxyl groups is 2. The SMILES string of the molecule is CCCCCCCCCCCCCCOc1ccc(C=NCCN=Cc2ccc(OCCCCCCCCCCCCCC)cc2O)c(O)c1. The molecule has 2 aromatic carbocycles. The minimum atomic E-state index is 0.162. The number of rotatable bonds is 33. The molecule has 6 heteroatoms. The maximum atomic E-state index is 10.4. The lowest BCUT2D eigenvalue weighted by atomic mass is 10.1. The van der Waals surface area contributed by atoms with E-state index in [9.17, 15) is 10.2 Å². The van der Waals surface area contributed by atoms with E-state index in [1.165, 1.54) is 141 Å². The minimum absolute atomic E-state index is 0.162. The normalized spacial score (nSPS) is 11.6. The van der Waals surface area contributed by atoms with Gasteiger partial charge in [0.15, 0.2) is 0 Å². The number of benzene rings is 2. The van der Waals surface area contributed by atoms with Crippen LogP contribution in [-0.4, -0.2) is 48.9 Å². The quantitative estimate of drug-likeness (QED) is 0.0576. The summed E-state index contributed by atoms with van der Waals surface area (Å²) in [6.45, 7) is 6.85. The van der Waals surface area contributed by atoms with E-state index in [0.717, 1.165) is 12.8 Å². The van der Waals surface area contributed by atoms with Crippen molar-refractivity contribution in [2.45, 2.75) is 168 Å². The first-order valence-corrected chi connectivity index (χ1v) is 20.5. The van der Waals surface area contributed by atoms with Crippen LogP contribution in [0.2, 0.25) is 0 Å². The average molecular weight is 693 g/mol. The van der Waals surface area contributed by atoms with Crippen molar-refractivity contribution in [1.82, 2.24) is 0 Å². The summed E-state index contributed by atoms with van der Waals surface area (Å²) in [5.41, 5.74) is 1.31. The van der Waals surface area contributed by atoms with Gasteiger partial charge in [0.05, 0.1) is 26.3 Å². The molecule has 0 atom stereocenters. The summed E-state index contributed by atoms with van der Waals surface area (Å²) in [4.78, 5) is 8.80. The Morgan fingerprint density at radius 3 is 1.04 bits per heavy atom. The molecule has 0 bridgehead atoms. The van der Waals surface area contributed by atoms with Gasteiger partial charge in [-0.15, -0.1) is 0 Å². The largest absolute Gasteiger partial charge is 0.507 e. The summed E-state index contributed by atoms with van der Waals surface area (Å²) in [6, 6.07) is 10.8. The molecule has 0 radical (unpaired) electrons. The van der Waals surface area contributed by atoms with Gasteiger partial charge >= 0.3 is 0 Å². The van der Waals surface area contributed by atoms with Crippen molar-refractivity contribution >= 4 is 12.4 Å². The molecule has 0 fully saturated rings. The highest BCUT2D eigenvalue weighted by Crippen LogP contribution is 2.24. The van der Waals surface area contributed by atoms with E-state index < -0.39 is 0 Å². The maximum Gasteiger partial charge on any atom is 0.128 e. The van der Waals surface area contributed by atoms with Gasteiger partial charge in [0.1, 0.15) is 23.0 Å². The van der Waals surface area contributed by atoms with Crippen LogP contribution in [0.3, 0.4) is 0 Å². The maximum absolute atomic E-state index is 10.4. The smallest absolute Gasteiger partial charge is 0.128 e. The number of phenols is 2. The van der Waals surface area contributed by atoms with Gasteiger partial charge in [-0.25, -0.2) is 0 Å². The first-order chi connectivity index (χ1) is 24.6. The van der Waals surface area contributed by atoms with Crippen molar-refractivity contribution in [3.63, 3.8) is 0 Å². The first kappa shape index (κ1) is 43.1. The van der Waals surface area contributed by atoms with Crippen LogP contribution in [0.25, 0.3) is 0 Å². The van der Waals surface area contributed by atoms with Gasteiger partial charge in [-0.3, -0.25) is 9.98 Å². The summed E-state index contributed by atoms with van der Waals surface area (Å²) in [6.07, 6.45) is 35.0. The van der Waals surface area contributed by atoms with E-state index in [4.69, 9.17) is 9.47 Å². The first-order valence-electron chi connectivity index (χ1n) is 20.5. The molecular weight excluding hydrogens is 620 g/mol. The number of ether oxygens (including phenoxy) is 2. The van der Waals surface area contributed by atoms with E-state index in [-0.39, 0.29) is 11.5 Å². The fraction of sp³-hybridized carbons (Fsp3) is 0.682.